The molecule has 0 aromatic heterocycles. The van der Waals surface area contributed by atoms with Crippen molar-refractivity contribution in [2.75, 3.05) is 18.1 Å². The number of carbonyl (C=O) groups is 1. The van der Waals surface area contributed by atoms with Gasteiger partial charge in [-0.05, 0) is 62.1 Å². The molecular formula is C28H30ClN3O3. The number of ether oxygens (including phenoxy) is 2. The molecule has 0 bridgehead atoms. The number of ketones is 1. The van der Waals surface area contributed by atoms with Crippen LogP contribution in [0.1, 0.15) is 52.0 Å². The van der Waals surface area contributed by atoms with Gasteiger partial charge in [-0.15, -0.1) is 0 Å². The lowest BCUT2D eigenvalue weighted by molar-refractivity contribution is -0.118. The zero-order valence-corrected chi connectivity index (χ0v) is 21.3. The Bertz CT molecular complexity index is 1270. The predicted octanol–water partition coefficient (Wildman–Crippen LogP) is 6.08. The number of nitriles is 1. The van der Waals surface area contributed by atoms with Crippen LogP contribution in [-0.2, 0) is 4.79 Å². The number of carbonyl (C=O) groups excluding carboxylic acids is 1. The van der Waals surface area contributed by atoms with Crippen LogP contribution in [0.5, 0.6) is 11.5 Å². The average Bonchev–Trinajstić information content (AvgIpc) is 2.79. The highest BCUT2D eigenvalue weighted by molar-refractivity contribution is 6.30. The second-order valence-corrected chi connectivity index (χ2v) is 9.96. The van der Waals surface area contributed by atoms with Gasteiger partial charge >= 0.3 is 0 Å². The highest BCUT2D eigenvalue weighted by Crippen LogP contribution is 2.52. The van der Waals surface area contributed by atoms with Crippen LogP contribution in [0.25, 0.3) is 0 Å². The molecule has 1 unspecified atom stereocenters. The molecule has 35 heavy (non-hydrogen) atoms. The van der Waals surface area contributed by atoms with E-state index in [0.29, 0.717) is 65.0 Å². The summed E-state index contributed by atoms with van der Waals surface area (Å²) in [6, 6.07) is 15.1. The Kier molecular flexibility index (Phi) is 6.82. The number of hydrogen-bond acceptors (Lipinski definition) is 6. The molecule has 0 amide bonds. The van der Waals surface area contributed by atoms with Gasteiger partial charge in [-0.3, -0.25) is 9.69 Å². The van der Waals surface area contributed by atoms with E-state index in [4.69, 9.17) is 26.8 Å². The molecule has 2 aromatic carbocycles. The van der Waals surface area contributed by atoms with E-state index >= 15 is 0 Å². The lowest BCUT2D eigenvalue weighted by Crippen LogP contribution is -2.42. The first-order valence-corrected chi connectivity index (χ1v) is 12.2. The van der Waals surface area contributed by atoms with Crippen molar-refractivity contribution in [3.05, 3.63) is 75.7 Å². The summed E-state index contributed by atoms with van der Waals surface area (Å²) < 4.78 is 11.7. The molecule has 7 heteroatoms. The highest BCUT2D eigenvalue weighted by atomic mass is 35.5. The average molecular weight is 492 g/mol. The molecule has 1 atom stereocenters. The maximum absolute atomic E-state index is 13.8. The van der Waals surface area contributed by atoms with Crippen LogP contribution in [0.3, 0.4) is 0 Å². The normalized spacial score (nSPS) is 19.4. The summed E-state index contributed by atoms with van der Waals surface area (Å²) in [7, 11) is 0. The van der Waals surface area contributed by atoms with Crippen LogP contribution in [0.15, 0.2) is 65.1 Å². The quantitative estimate of drug-likeness (QED) is 0.526. The third kappa shape index (κ3) is 4.61. The molecule has 6 nitrogen and oxygen atoms in total. The van der Waals surface area contributed by atoms with E-state index < -0.39 is 5.92 Å². The van der Waals surface area contributed by atoms with Crippen molar-refractivity contribution in [3.8, 4) is 17.6 Å². The van der Waals surface area contributed by atoms with E-state index in [-0.39, 0.29) is 17.0 Å². The van der Waals surface area contributed by atoms with E-state index in [2.05, 4.69) is 19.9 Å². The lowest BCUT2D eigenvalue weighted by atomic mass is 9.68. The fraction of sp³-hybridized carbons (Fsp3) is 0.357. The summed E-state index contributed by atoms with van der Waals surface area (Å²) in [6.45, 7) is 8.88. The molecule has 0 spiro atoms. The second-order valence-electron chi connectivity index (χ2n) is 9.53. The molecule has 0 saturated heterocycles. The van der Waals surface area contributed by atoms with E-state index in [1.54, 1.807) is 12.1 Å². The summed E-state index contributed by atoms with van der Waals surface area (Å²) in [5.74, 6) is 0.870. The molecule has 4 rings (SSSR count). The van der Waals surface area contributed by atoms with Gasteiger partial charge in [0.05, 0.1) is 30.8 Å². The Morgan fingerprint density at radius 2 is 1.89 bits per heavy atom. The van der Waals surface area contributed by atoms with Crippen molar-refractivity contribution in [3.63, 3.8) is 0 Å². The van der Waals surface area contributed by atoms with Crippen LogP contribution >= 0.6 is 11.6 Å². The summed E-state index contributed by atoms with van der Waals surface area (Å²) >= 11 is 6.31. The number of nitrogens with zero attached hydrogens (tertiary/aromatic N) is 2. The molecule has 1 aliphatic heterocycles. The van der Waals surface area contributed by atoms with Crippen molar-refractivity contribution < 1.29 is 14.3 Å². The number of benzene rings is 2. The fourth-order valence-corrected chi connectivity index (χ4v) is 5.21. The van der Waals surface area contributed by atoms with Gasteiger partial charge in [-0.2, -0.15) is 5.26 Å². The van der Waals surface area contributed by atoms with Crippen LogP contribution in [0.4, 0.5) is 5.69 Å². The van der Waals surface area contributed by atoms with E-state index in [9.17, 15) is 10.1 Å². The van der Waals surface area contributed by atoms with Crippen molar-refractivity contribution >= 4 is 23.1 Å². The monoisotopic (exact) mass is 491 g/mol. The topological polar surface area (TPSA) is 88.6 Å². The second kappa shape index (κ2) is 9.67. The Hall–Kier alpha value is -3.43. The van der Waals surface area contributed by atoms with Gasteiger partial charge < -0.3 is 15.2 Å². The smallest absolute Gasteiger partial charge is 0.162 e. The minimum Gasteiger partial charge on any atom is -0.494 e. The van der Waals surface area contributed by atoms with Crippen LogP contribution in [0.2, 0.25) is 5.02 Å². The van der Waals surface area contributed by atoms with Gasteiger partial charge in [-0.1, -0.05) is 31.5 Å². The third-order valence-electron chi connectivity index (χ3n) is 6.35. The summed E-state index contributed by atoms with van der Waals surface area (Å²) in [4.78, 5) is 15.6. The van der Waals surface area contributed by atoms with Crippen LogP contribution in [-0.4, -0.2) is 19.0 Å². The molecule has 0 fully saturated rings. The number of allylic oxidation sites excluding steroid dienone is 3. The van der Waals surface area contributed by atoms with Crippen molar-refractivity contribution in [1.82, 2.24) is 0 Å². The first-order chi connectivity index (χ1) is 16.7. The van der Waals surface area contributed by atoms with E-state index in [0.717, 1.165) is 5.70 Å². The van der Waals surface area contributed by atoms with Gasteiger partial charge in [-0.25, -0.2) is 0 Å². The number of anilines is 1. The maximum Gasteiger partial charge on any atom is 0.162 e. The first-order valence-electron chi connectivity index (χ1n) is 11.8. The number of rotatable bonds is 6. The van der Waals surface area contributed by atoms with Gasteiger partial charge in [0.25, 0.3) is 0 Å². The first kappa shape index (κ1) is 24.7. The number of nitrogens with two attached hydrogens (primary N) is 1. The Morgan fingerprint density at radius 3 is 2.54 bits per heavy atom. The number of halogens is 1. The summed E-state index contributed by atoms with van der Waals surface area (Å²) in [6.07, 6.45) is 0.991. The van der Waals surface area contributed by atoms with Gasteiger partial charge in [0.15, 0.2) is 5.78 Å². The third-order valence-corrected chi connectivity index (χ3v) is 6.59. The zero-order chi connectivity index (χ0) is 25.3. The molecule has 0 saturated carbocycles. The molecule has 1 aliphatic carbocycles. The van der Waals surface area contributed by atoms with E-state index in [1.165, 1.54) is 0 Å². The summed E-state index contributed by atoms with van der Waals surface area (Å²) in [5, 5.41) is 10.9. The molecular weight excluding hydrogens is 462 g/mol. The highest BCUT2D eigenvalue weighted by Gasteiger charge is 2.45. The molecule has 0 radical (unpaired) electrons. The molecule has 182 valence electrons. The number of hydrogen-bond donors (Lipinski definition) is 1. The minimum atomic E-state index is -0.656. The molecule has 2 aromatic rings. The van der Waals surface area contributed by atoms with Gasteiger partial charge in [0.2, 0.25) is 0 Å². The molecule has 2 aliphatic rings. The minimum absolute atomic E-state index is 0.00205. The van der Waals surface area contributed by atoms with E-state index in [1.807, 2.05) is 49.1 Å². The Balaban J connectivity index is 2.02. The SMILES string of the molecule is CCOc1ccc(OCC)c(C2C(C#N)=C(N)N(c3cccc(Cl)c3)C3=C2C(=O)CC(C)(C)C3)c1. The van der Waals surface area contributed by atoms with Crippen LogP contribution in [0, 0.1) is 16.7 Å². The van der Waals surface area contributed by atoms with Crippen molar-refractivity contribution in [2.24, 2.45) is 11.1 Å². The predicted molar refractivity (Wildman–Crippen MR) is 137 cm³/mol. The molecule has 1 heterocycles. The fourth-order valence-electron chi connectivity index (χ4n) is 5.03. The van der Waals surface area contributed by atoms with Gasteiger partial charge in [0, 0.05) is 34.0 Å². The Morgan fingerprint density at radius 1 is 1.14 bits per heavy atom. The van der Waals surface area contributed by atoms with Crippen molar-refractivity contribution in [2.45, 2.75) is 46.5 Å². The van der Waals surface area contributed by atoms with Crippen molar-refractivity contribution in [1.29, 1.82) is 5.26 Å². The number of Topliss-reactive ketones (excluding diaryl/α,β-unsaturated/α-hetero) is 1. The standard InChI is InChI=1S/C28H30ClN3O3/c1-5-34-19-10-11-24(35-6-2)20(13-19)25-21(16-30)27(31)32(18-9-7-8-17(29)12-18)22-14-28(3,4)15-23(33)26(22)25/h7-13,25H,5-6,14-15,31H2,1-4H3. The largest absolute Gasteiger partial charge is 0.494 e. The summed E-state index contributed by atoms with van der Waals surface area (Å²) in [5.41, 5.74) is 9.54. The van der Waals surface area contributed by atoms with Crippen LogP contribution < -0.4 is 20.1 Å². The molecule has 2 N–H and O–H groups in total. The van der Waals surface area contributed by atoms with Gasteiger partial charge in [0.1, 0.15) is 17.3 Å². The lowest BCUT2D eigenvalue weighted by Gasteiger charge is -2.44. The zero-order valence-electron chi connectivity index (χ0n) is 20.5. The maximum atomic E-state index is 13.8. The Labute approximate surface area is 211 Å².